The molecule has 102 valence electrons. The van der Waals surface area contributed by atoms with E-state index in [1.54, 1.807) is 0 Å². The molecule has 0 aliphatic rings. The molecule has 2 aromatic rings. The molecule has 0 bridgehead atoms. The molecule has 0 radical (unpaired) electrons. The molecule has 1 N–H and O–H groups in total. The Kier molecular flexibility index (Phi) is 5.03. The highest BCUT2D eigenvalue weighted by molar-refractivity contribution is 5.18. The number of rotatable bonds is 7. The summed E-state index contributed by atoms with van der Waals surface area (Å²) in [6, 6.07) is 10.5. The van der Waals surface area contributed by atoms with Crippen LogP contribution in [0.5, 0.6) is 0 Å². The predicted octanol–water partition coefficient (Wildman–Crippen LogP) is 1.98. The first-order valence-electron chi connectivity index (χ1n) is 6.82. The van der Waals surface area contributed by atoms with Crippen LogP contribution >= 0.6 is 0 Å². The average Bonchev–Trinajstić information content (AvgIpc) is 2.87. The molecule has 0 spiro atoms. The van der Waals surface area contributed by atoms with Gasteiger partial charge in [0, 0.05) is 5.92 Å². The highest BCUT2D eigenvalue weighted by Crippen LogP contribution is 2.16. The summed E-state index contributed by atoms with van der Waals surface area (Å²) in [7, 11) is 0. The Hall–Kier alpha value is -1.75. The number of tetrazole rings is 1. The van der Waals surface area contributed by atoms with E-state index in [2.05, 4.69) is 59.0 Å². The van der Waals surface area contributed by atoms with Crippen LogP contribution in [0, 0.1) is 0 Å². The Labute approximate surface area is 114 Å². The topological polar surface area (TPSA) is 55.6 Å². The Morgan fingerprint density at radius 3 is 2.79 bits per heavy atom. The molecular formula is C14H21N5. The summed E-state index contributed by atoms with van der Waals surface area (Å²) in [6.07, 6.45) is 1.11. The fraction of sp³-hybridized carbons (Fsp3) is 0.500. The molecule has 0 aliphatic carbocycles. The van der Waals surface area contributed by atoms with Gasteiger partial charge in [0.25, 0.3) is 0 Å². The normalized spacial score (nSPS) is 12.5. The quantitative estimate of drug-likeness (QED) is 0.772. The van der Waals surface area contributed by atoms with Gasteiger partial charge in [-0.05, 0) is 29.0 Å². The number of hydrogen-bond acceptors (Lipinski definition) is 4. The van der Waals surface area contributed by atoms with E-state index in [-0.39, 0.29) is 0 Å². The van der Waals surface area contributed by atoms with Crippen LogP contribution < -0.4 is 5.32 Å². The van der Waals surface area contributed by atoms with Crippen LogP contribution in [-0.4, -0.2) is 26.8 Å². The van der Waals surface area contributed by atoms with Gasteiger partial charge in [0.2, 0.25) is 0 Å². The zero-order valence-electron chi connectivity index (χ0n) is 11.6. The van der Waals surface area contributed by atoms with Gasteiger partial charge < -0.3 is 5.32 Å². The molecule has 0 saturated carbocycles. The summed E-state index contributed by atoms with van der Waals surface area (Å²) >= 11 is 0. The van der Waals surface area contributed by atoms with Gasteiger partial charge in [-0.3, -0.25) is 0 Å². The molecule has 1 unspecified atom stereocenters. The lowest BCUT2D eigenvalue weighted by Gasteiger charge is -2.12. The van der Waals surface area contributed by atoms with Crippen molar-refractivity contribution in [1.29, 1.82) is 0 Å². The van der Waals surface area contributed by atoms with Crippen molar-refractivity contribution in [3.05, 3.63) is 41.7 Å². The second kappa shape index (κ2) is 6.99. The second-order valence-corrected chi connectivity index (χ2v) is 4.77. The molecule has 1 heterocycles. The highest BCUT2D eigenvalue weighted by atomic mass is 15.5. The first kappa shape index (κ1) is 13.7. The Balaban J connectivity index is 1.97. The van der Waals surface area contributed by atoms with Crippen molar-refractivity contribution in [2.75, 3.05) is 6.54 Å². The number of nitrogens with zero attached hydrogens (tertiary/aromatic N) is 4. The third kappa shape index (κ3) is 3.86. The first-order chi connectivity index (χ1) is 9.31. The van der Waals surface area contributed by atoms with Gasteiger partial charge in [0.05, 0.1) is 13.1 Å². The van der Waals surface area contributed by atoms with Crippen molar-refractivity contribution in [3.63, 3.8) is 0 Å². The molecule has 1 atom stereocenters. The molecule has 2 rings (SSSR count). The average molecular weight is 259 g/mol. The summed E-state index contributed by atoms with van der Waals surface area (Å²) in [5.74, 6) is 1.30. The van der Waals surface area contributed by atoms with Crippen LogP contribution in [0.4, 0.5) is 0 Å². The third-order valence-electron chi connectivity index (χ3n) is 3.13. The zero-order chi connectivity index (χ0) is 13.5. The molecular weight excluding hydrogens is 238 g/mol. The monoisotopic (exact) mass is 259 g/mol. The molecule has 1 aromatic heterocycles. The number of benzene rings is 1. The maximum Gasteiger partial charge on any atom is 0.165 e. The summed E-state index contributed by atoms with van der Waals surface area (Å²) < 4.78 is 1.89. The van der Waals surface area contributed by atoms with Crippen molar-refractivity contribution >= 4 is 0 Å². The highest BCUT2D eigenvalue weighted by Gasteiger charge is 2.11. The number of nitrogens with one attached hydrogen (secondary N) is 1. The molecule has 5 heteroatoms. The smallest absolute Gasteiger partial charge is 0.165 e. The van der Waals surface area contributed by atoms with Crippen LogP contribution in [-0.2, 0) is 13.1 Å². The van der Waals surface area contributed by atoms with Gasteiger partial charge in [-0.2, -0.15) is 0 Å². The van der Waals surface area contributed by atoms with E-state index in [0.29, 0.717) is 5.92 Å². The number of aromatic nitrogens is 4. The van der Waals surface area contributed by atoms with E-state index in [0.717, 1.165) is 31.9 Å². The summed E-state index contributed by atoms with van der Waals surface area (Å²) in [5.41, 5.74) is 1.31. The maximum absolute atomic E-state index is 4.08. The third-order valence-corrected chi connectivity index (χ3v) is 3.13. The molecule has 19 heavy (non-hydrogen) atoms. The first-order valence-corrected chi connectivity index (χ1v) is 6.82. The molecule has 0 aliphatic heterocycles. The lowest BCUT2D eigenvalue weighted by Crippen LogP contribution is -2.19. The van der Waals surface area contributed by atoms with Crippen molar-refractivity contribution in [2.24, 2.45) is 0 Å². The minimum absolute atomic E-state index is 0.398. The molecule has 5 nitrogen and oxygen atoms in total. The van der Waals surface area contributed by atoms with Gasteiger partial charge in [0.15, 0.2) is 5.82 Å². The fourth-order valence-electron chi connectivity index (χ4n) is 2.02. The van der Waals surface area contributed by atoms with Crippen molar-refractivity contribution in [2.45, 2.75) is 39.3 Å². The van der Waals surface area contributed by atoms with Crippen LogP contribution in [0.15, 0.2) is 30.3 Å². The van der Waals surface area contributed by atoms with Crippen LogP contribution in [0.25, 0.3) is 0 Å². The standard InChI is InChI=1S/C14H21N5/c1-3-9-15-10-14-16-17-18-19(14)11-12(2)13-7-5-4-6-8-13/h4-8,12,15H,3,9-11H2,1-2H3. The second-order valence-electron chi connectivity index (χ2n) is 4.77. The minimum atomic E-state index is 0.398. The zero-order valence-corrected chi connectivity index (χ0v) is 11.6. The van der Waals surface area contributed by atoms with E-state index in [9.17, 15) is 0 Å². The minimum Gasteiger partial charge on any atom is -0.310 e. The SMILES string of the molecule is CCCNCc1nnnn1CC(C)c1ccccc1. The summed E-state index contributed by atoms with van der Waals surface area (Å²) in [6.45, 7) is 6.86. The van der Waals surface area contributed by atoms with Gasteiger partial charge in [-0.25, -0.2) is 4.68 Å². The maximum atomic E-state index is 4.08. The van der Waals surface area contributed by atoms with Crippen molar-refractivity contribution in [3.8, 4) is 0 Å². The van der Waals surface area contributed by atoms with Crippen molar-refractivity contribution in [1.82, 2.24) is 25.5 Å². The van der Waals surface area contributed by atoms with E-state index in [1.165, 1.54) is 5.56 Å². The van der Waals surface area contributed by atoms with Crippen LogP contribution in [0.3, 0.4) is 0 Å². The van der Waals surface area contributed by atoms with Gasteiger partial charge in [-0.15, -0.1) is 5.10 Å². The van der Waals surface area contributed by atoms with Gasteiger partial charge >= 0.3 is 0 Å². The Morgan fingerprint density at radius 1 is 1.26 bits per heavy atom. The Morgan fingerprint density at radius 2 is 2.05 bits per heavy atom. The lowest BCUT2D eigenvalue weighted by atomic mass is 10.0. The van der Waals surface area contributed by atoms with E-state index in [4.69, 9.17) is 0 Å². The lowest BCUT2D eigenvalue weighted by molar-refractivity contribution is 0.496. The van der Waals surface area contributed by atoms with E-state index < -0.39 is 0 Å². The predicted molar refractivity (Wildman–Crippen MR) is 74.7 cm³/mol. The largest absolute Gasteiger partial charge is 0.310 e. The molecule has 0 amide bonds. The van der Waals surface area contributed by atoms with E-state index in [1.807, 2.05) is 10.7 Å². The molecule has 1 aromatic carbocycles. The van der Waals surface area contributed by atoms with Gasteiger partial charge in [0.1, 0.15) is 0 Å². The summed E-state index contributed by atoms with van der Waals surface area (Å²) in [4.78, 5) is 0. The van der Waals surface area contributed by atoms with Crippen molar-refractivity contribution < 1.29 is 0 Å². The number of hydrogen-bond donors (Lipinski definition) is 1. The molecule has 0 fully saturated rings. The summed E-state index contributed by atoms with van der Waals surface area (Å²) in [5, 5.41) is 15.2. The molecule has 0 saturated heterocycles. The van der Waals surface area contributed by atoms with E-state index >= 15 is 0 Å². The fourth-order valence-corrected chi connectivity index (χ4v) is 2.02. The van der Waals surface area contributed by atoms with Crippen LogP contribution in [0.1, 0.15) is 37.6 Å². The van der Waals surface area contributed by atoms with Crippen LogP contribution in [0.2, 0.25) is 0 Å². The Bertz CT molecular complexity index is 480. The van der Waals surface area contributed by atoms with Gasteiger partial charge in [-0.1, -0.05) is 44.2 Å².